The van der Waals surface area contributed by atoms with Crippen LogP contribution in [0.3, 0.4) is 0 Å². The highest BCUT2D eigenvalue weighted by molar-refractivity contribution is 7.09. The number of amides is 3. The molecule has 3 amide bonds. The fourth-order valence-corrected chi connectivity index (χ4v) is 5.04. The zero-order valence-electron chi connectivity index (χ0n) is 18.7. The van der Waals surface area contributed by atoms with Crippen LogP contribution in [-0.2, 0) is 11.3 Å². The molecule has 1 aromatic heterocycles. The van der Waals surface area contributed by atoms with E-state index in [0.717, 1.165) is 50.1 Å². The number of nitrogens with two attached hydrogens (primary N) is 2. The van der Waals surface area contributed by atoms with E-state index in [1.807, 2.05) is 19.1 Å². The van der Waals surface area contributed by atoms with Gasteiger partial charge in [-0.1, -0.05) is 62.4 Å². The summed E-state index contributed by atoms with van der Waals surface area (Å²) in [4.78, 5) is 40.3. The summed E-state index contributed by atoms with van der Waals surface area (Å²) in [5.74, 6) is -1.46. The molecule has 0 radical (unpaired) electrons. The summed E-state index contributed by atoms with van der Waals surface area (Å²) in [6.07, 6.45) is 6.17. The summed E-state index contributed by atoms with van der Waals surface area (Å²) in [5, 5.41) is 3.63. The molecule has 2 aromatic rings. The summed E-state index contributed by atoms with van der Waals surface area (Å²) in [5.41, 5.74) is 11.9. The number of primary amides is 1. The molecule has 5 N–H and O–H groups in total. The smallest absolute Gasteiger partial charge is 0.270 e. The van der Waals surface area contributed by atoms with Gasteiger partial charge in [-0.25, -0.2) is 0 Å². The maximum atomic E-state index is 13.7. The van der Waals surface area contributed by atoms with Gasteiger partial charge in [0.2, 0.25) is 5.91 Å². The number of rotatable bonds is 10. The van der Waals surface area contributed by atoms with Crippen molar-refractivity contribution < 1.29 is 14.4 Å². The summed E-state index contributed by atoms with van der Waals surface area (Å²) in [6.45, 7) is 2.15. The van der Waals surface area contributed by atoms with E-state index >= 15 is 0 Å². The monoisotopic (exact) mass is 491 g/mol. The Hall–Kier alpha value is -2.65. The van der Waals surface area contributed by atoms with E-state index in [-0.39, 0.29) is 34.8 Å². The number of aromatic nitrogens is 1. The number of nitrogen functional groups attached to an aromatic ring is 1. The molecule has 33 heavy (non-hydrogen) atoms. The Balaban J connectivity index is 1.98. The number of benzene rings is 1. The first-order valence-corrected chi connectivity index (χ1v) is 12.4. The van der Waals surface area contributed by atoms with Gasteiger partial charge in [-0.15, -0.1) is 0 Å². The normalized spacial score (nSPS) is 14.7. The lowest BCUT2D eigenvalue weighted by atomic mass is 10.0. The second-order valence-corrected chi connectivity index (χ2v) is 9.49. The molecule has 1 saturated carbocycles. The van der Waals surface area contributed by atoms with Crippen molar-refractivity contribution in [3.8, 4) is 0 Å². The van der Waals surface area contributed by atoms with Crippen molar-refractivity contribution in [2.24, 2.45) is 5.73 Å². The molecule has 1 aliphatic carbocycles. The quantitative estimate of drug-likeness (QED) is 0.465. The van der Waals surface area contributed by atoms with Crippen LogP contribution in [0.1, 0.15) is 77.6 Å². The van der Waals surface area contributed by atoms with Gasteiger partial charge in [0.05, 0.1) is 5.69 Å². The highest BCUT2D eigenvalue weighted by Gasteiger charge is 2.34. The van der Waals surface area contributed by atoms with Crippen LogP contribution >= 0.6 is 23.1 Å². The molecule has 0 saturated heterocycles. The first-order valence-electron chi connectivity index (χ1n) is 11.2. The van der Waals surface area contributed by atoms with E-state index in [1.54, 1.807) is 12.1 Å². The van der Waals surface area contributed by atoms with Crippen LogP contribution in [0.15, 0.2) is 24.3 Å². The minimum Gasteiger partial charge on any atom is -0.395 e. The maximum Gasteiger partial charge on any atom is 0.270 e. The average Bonchev–Trinajstić information content (AvgIpc) is 3.43. The highest BCUT2D eigenvalue weighted by Crippen LogP contribution is 2.28. The van der Waals surface area contributed by atoms with E-state index in [1.165, 1.54) is 4.90 Å². The standard InChI is InChI=1S/C23H30ClN5O3S/c1-2-3-12-17(22(31)27-15-9-5-6-10-15)29(13-14-8-4-7-11-16(14)24)23(32)20-18(25)19(21(26)30)28-33-20/h4,7-8,11,15,17H,2-3,5-6,9-10,12-13,25H2,1H3,(H2,26,30)(H,27,31)/t17-/m1/s1. The van der Waals surface area contributed by atoms with E-state index in [9.17, 15) is 14.4 Å². The molecule has 0 spiro atoms. The van der Waals surface area contributed by atoms with Crippen molar-refractivity contribution in [3.63, 3.8) is 0 Å². The largest absolute Gasteiger partial charge is 0.395 e. The Morgan fingerprint density at radius 3 is 2.58 bits per heavy atom. The number of halogens is 1. The van der Waals surface area contributed by atoms with E-state index in [0.29, 0.717) is 17.0 Å². The van der Waals surface area contributed by atoms with Crippen LogP contribution in [0, 0.1) is 0 Å². The molecule has 0 bridgehead atoms. The number of nitrogens with one attached hydrogen (secondary N) is 1. The first kappa shape index (κ1) is 25.0. The topological polar surface area (TPSA) is 131 Å². The Bertz CT molecular complexity index is 1010. The molecule has 1 fully saturated rings. The maximum absolute atomic E-state index is 13.7. The lowest BCUT2D eigenvalue weighted by Crippen LogP contribution is -2.51. The molecule has 1 aromatic carbocycles. The minimum absolute atomic E-state index is 0.0629. The van der Waals surface area contributed by atoms with Gasteiger partial charge in [0.15, 0.2) is 5.69 Å². The van der Waals surface area contributed by atoms with Crippen molar-refractivity contribution >= 4 is 46.5 Å². The number of carbonyl (C=O) groups is 3. The van der Waals surface area contributed by atoms with Gasteiger partial charge >= 0.3 is 0 Å². The Labute approximate surface area is 202 Å². The molecule has 10 heteroatoms. The van der Waals surface area contributed by atoms with E-state index in [4.69, 9.17) is 23.1 Å². The molecule has 0 unspecified atom stereocenters. The van der Waals surface area contributed by atoms with Crippen molar-refractivity contribution in [1.82, 2.24) is 14.6 Å². The third-order valence-corrected chi connectivity index (χ3v) is 7.15. The van der Waals surface area contributed by atoms with E-state index < -0.39 is 17.9 Å². The summed E-state index contributed by atoms with van der Waals surface area (Å²) in [7, 11) is 0. The summed E-state index contributed by atoms with van der Waals surface area (Å²) >= 11 is 7.20. The lowest BCUT2D eigenvalue weighted by molar-refractivity contribution is -0.126. The van der Waals surface area contributed by atoms with Gasteiger partial charge in [-0.3, -0.25) is 14.4 Å². The number of nitrogens with zero attached hydrogens (tertiary/aromatic N) is 2. The van der Waals surface area contributed by atoms with Gasteiger partial charge < -0.3 is 21.7 Å². The summed E-state index contributed by atoms with van der Waals surface area (Å²) in [6, 6.07) is 6.60. The summed E-state index contributed by atoms with van der Waals surface area (Å²) < 4.78 is 3.96. The van der Waals surface area contributed by atoms with Crippen molar-refractivity contribution in [1.29, 1.82) is 0 Å². The third kappa shape index (κ3) is 6.03. The molecule has 1 heterocycles. The van der Waals surface area contributed by atoms with Crippen LogP contribution < -0.4 is 16.8 Å². The molecule has 1 atom stereocenters. The number of hydrogen-bond acceptors (Lipinski definition) is 6. The predicted octanol–water partition coefficient (Wildman–Crippen LogP) is 3.74. The van der Waals surface area contributed by atoms with Gasteiger partial charge in [-0.05, 0) is 42.4 Å². The van der Waals surface area contributed by atoms with Crippen molar-refractivity contribution in [2.75, 3.05) is 5.73 Å². The predicted molar refractivity (Wildman–Crippen MR) is 130 cm³/mol. The second-order valence-electron chi connectivity index (χ2n) is 8.31. The molecular formula is C23H30ClN5O3S. The van der Waals surface area contributed by atoms with Crippen LogP contribution in [0.2, 0.25) is 5.02 Å². The van der Waals surface area contributed by atoms with E-state index in [2.05, 4.69) is 9.69 Å². The van der Waals surface area contributed by atoms with Crippen molar-refractivity contribution in [2.45, 2.75) is 70.5 Å². The van der Waals surface area contributed by atoms with Gasteiger partial charge in [-0.2, -0.15) is 4.37 Å². The van der Waals surface area contributed by atoms with Gasteiger partial charge in [0, 0.05) is 17.6 Å². The van der Waals surface area contributed by atoms with Gasteiger partial charge in [0.1, 0.15) is 10.9 Å². The molecule has 8 nitrogen and oxygen atoms in total. The number of unbranched alkanes of at least 4 members (excludes halogenated alkanes) is 1. The molecule has 1 aliphatic rings. The fourth-order valence-electron chi connectivity index (χ4n) is 4.09. The Kier molecular flexibility index (Phi) is 8.68. The Morgan fingerprint density at radius 1 is 1.27 bits per heavy atom. The first-order chi connectivity index (χ1) is 15.8. The molecular weight excluding hydrogens is 462 g/mol. The van der Waals surface area contributed by atoms with Crippen LogP contribution in [-0.4, -0.2) is 39.1 Å². The zero-order chi connectivity index (χ0) is 24.0. The Morgan fingerprint density at radius 2 is 1.97 bits per heavy atom. The van der Waals surface area contributed by atoms with Crippen LogP contribution in [0.4, 0.5) is 5.69 Å². The number of carbonyl (C=O) groups excluding carboxylic acids is 3. The molecule has 0 aliphatic heterocycles. The average molecular weight is 492 g/mol. The van der Waals surface area contributed by atoms with Crippen LogP contribution in [0.25, 0.3) is 0 Å². The van der Waals surface area contributed by atoms with Crippen LogP contribution in [0.5, 0.6) is 0 Å². The fraction of sp³-hybridized carbons (Fsp3) is 0.478. The lowest BCUT2D eigenvalue weighted by Gasteiger charge is -2.32. The minimum atomic E-state index is -0.804. The second kappa shape index (κ2) is 11.5. The SMILES string of the molecule is CCCC[C@H](C(=O)NC1CCCC1)N(Cc1ccccc1Cl)C(=O)c1snc(C(N)=O)c1N. The third-order valence-electron chi connectivity index (χ3n) is 5.93. The highest BCUT2D eigenvalue weighted by atomic mass is 35.5. The zero-order valence-corrected chi connectivity index (χ0v) is 20.3. The van der Waals surface area contributed by atoms with Gasteiger partial charge in [0.25, 0.3) is 11.8 Å². The molecule has 178 valence electrons. The molecule has 3 rings (SSSR count). The van der Waals surface area contributed by atoms with Crippen molar-refractivity contribution in [3.05, 3.63) is 45.4 Å². The number of hydrogen-bond donors (Lipinski definition) is 3. The number of anilines is 1.